The van der Waals surface area contributed by atoms with E-state index in [-0.39, 0.29) is 0 Å². The van der Waals surface area contributed by atoms with Crippen LogP contribution in [0.25, 0.3) is 0 Å². The van der Waals surface area contributed by atoms with E-state index in [0.29, 0.717) is 6.61 Å². The van der Waals surface area contributed by atoms with Crippen LogP contribution < -0.4 is 14.8 Å². The molecule has 0 aliphatic rings. The zero-order chi connectivity index (χ0) is 14.9. The van der Waals surface area contributed by atoms with E-state index in [1.807, 2.05) is 43.6 Å². The van der Waals surface area contributed by atoms with Crippen molar-refractivity contribution in [1.29, 1.82) is 0 Å². The van der Waals surface area contributed by atoms with Crippen molar-refractivity contribution in [3.8, 4) is 11.5 Å². The van der Waals surface area contributed by atoms with Crippen molar-refractivity contribution in [2.24, 2.45) is 0 Å². The van der Waals surface area contributed by atoms with Crippen molar-refractivity contribution in [3.63, 3.8) is 0 Å². The van der Waals surface area contributed by atoms with E-state index < -0.39 is 0 Å². The van der Waals surface area contributed by atoms with Gasteiger partial charge in [0, 0.05) is 12.7 Å². The van der Waals surface area contributed by atoms with Gasteiger partial charge in [-0.1, -0.05) is 13.0 Å². The van der Waals surface area contributed by atoms with Crippen LogP contribution in [0.5, 0.6) is 11.5 Å². The van der Waals surface area contributed by atoms with E-state index in [9.17, 15) is 0 Å². The molecule has 0 radical (unpaired) electrons. The Hall–Kier alpha value is -2.07. The van der Waals surface area contributed by atoms with Gasteiger partial charge in [-0.2, -0.15) is 0 Å². The highest BCUT2D eigenvalue weighted by atomic mass is 16.5. The summed E-state index contributed by atoms with van der Waals surface area (Å²) >= 11 is 0. The molecule has 0 saturated carbocycles. The van der Waals surface area contributed by atoms with Crippen LogP contribution in [0.4, 0.5) is 0 Å². The number of nitrogens with one attached hydrogen (secondary N) is 1. The van der Waals surface area contributed by atoms with E-state index >= 15 is 0 Å². The smallest absolute Gasteiger partial charge is 0.130 e. The lowest BCUT2D eigenvalue weighted by Crippen LogP contribution is -2.06. The fourth-order valence-electron chi connectivity index (χ4n) is 1.86. The number of hydrogen-bond acceptors (Lipinski definition) is 4. The zero-order valence-corrected chi connectivity index (χ0v) is 12.6. The van der Waals surface area contributed by atoms with Crippen molar-refractivity contribution >= 4 is 0 Å². The molecule has 4 nitrogen and oxygen atoms in total. The lowest BCUT2D eigenvalue weighted by Gasteiger charge is -2.08. The Morgan fingerprint density at radius 3 is 2.29 bits per heavy atom. The summed E-state index contributed by atoms with van der Waals surface area (Å²) in [4.78, 5) is 4.38. The van der Waals surface area contributed by atoms with Crippen LogP contribution in [0.2, 0.25) is 0 Å². The van der Waals surface area contributed by atoms with Gasteiger partial charge in [-0.25, -0.2) is 0 Å². The number of ether oxygens (including phenoxy) is 2. The highest BCUT2D eigenvalue weighted by molar-refractivity contribution is 5.31. The maximum Gasteiger partial charge on any atom is 0.130 e. The van der Waals surface area contributed by atoms with Crippen LogP contribution in [-0.4, -0.2) is 18.6 Å². The van der Waals surface area contributed by atoms with Crippen LogP contribution in [0.1, 0.15) is 24.6 Å². The first kappa shape index (κ1) is 15.3. The predicted molar refractivity (Wildman–Crippen MR) is 83.6 cm³/mol. The van der Waals surface area contributed by atoms with E-state index in [4.69, 9.17) is 9.47 Å². The topological polar surface area (TPSA) is 43.4 Å². The Morgan fingerprint density at radius 1 is 1.00 bits per heavy atom. The summed E-state index contributed by atoms with van der Waals surface area (Å²) in [6.45, 7) is 4.12. The molecule has 1 heterocycles. The Labute approximate surface area is 126 Å². The number of nitrogens with zero attached hydrogens (tertiary/aromatic N) is 1. The molecular formula is C17H22N2O2. The molecule has 4 heteroatoms. The first-order valence-corrected chi connectivity index (χ1v) is 7.26. The Morgan fingerprint density at radius 2 is 1.71 bits per heavy atom. The molecule has 0 spiro atoms. The highest BCUT2D eigenvalue weighted by Gasteiger charge is 1.99. The van der Waals surface area contributed by atoms with Gasteiger partial charge in [0.15, 0.2) is 0 Å². The third kappa shape index (κ3) is 5.08. The maximum absolute atomic E-state index is 5.72. The summed E-state index contributed by atoms with van der Waals surface area (Å²) in [6, 6.07) is 11.7. The van der Waals surface area contributed by atoms with Crippen LogP contribution in [0.15, 0.2) is 42.6 Å². The highest BCUT2D eigenvalue weighted by Crippen LogP contribution is 2.18. The van der Waals surface area contributed by atoms with Crippen molar-refractivity contribution in [2.75, 3.05) is 13.7 Å². The fraction of sp³-hybridized carbons (Fsp3) is 0.353. The van der Waals surface area contributed by atoms with Gasteiger partial charge >= 0.3 is 0 Å². The largest absolute Gasteiger partial charge is 0.494 e. The monoisotopic (exact) mass is 286 g/mol. The summed E-state index contributed by atoms with van der Waals surface area (Å²) < 4.78 is 11.3. The molecule has 0 fully saturated rings. The molecule has 0 bridgehead atoms. The van der Waals surface area contributed by atoms with Gasteiger partial charge in [-0.15, -0.1) is 0 Å². The third-order valence-electron chi connectivity index (χ3n) is 2.95. The number of benzene rings is 1. The average Bonchev–Trinajstić information content (AvgIpc) is 2.53. The molecule has 2 rings (SSSR count). The molecule has 1 aromatic heterocycles. The summed E-state index contributed by atoms with van der Waals surface area (Å²) in [6.07, 6.45) is 2.88. The van der Waals surface area contributed by atoms with Gasteiger partial charge in [0.2, 0.25) is 0 Å². The first-order chi connectivity index (χ1) is 10.3. The van der Waals surface area contributed by atoms with Gasteiger partial charge < -0.3 is 14.8 Å². The van der Waals surface area contributed by atoms with Crippen molar-refractivity contribution in [3.05, 3.63) is 53.9 Å². The van der Waals surface area contributed by atoms with Gasteiger partial charge in [-0.3, -0.25) is 4.98 Å². The second kappa shape index (κ2) is 8.27. The third-order valence-corrected chi connectivity index (χ3v) is 2.95. The quantitative estimate of drug-likeness (QED) is 0.809. The molecule has 21 heavy (non-hydrogen) atoms. The summed E-state index contributed by atoms with van der Waals surface area (Å²) in [7, 11) is 1.92. The molecule has 112 valence electrons. The van der Waals surface area contributed by atoms with Crippen molar-refractivity contribution in [2.45, 2.75) is 26.5 Å². The first-order valence-electron chi connectivity index (χ1n) is 7.26. The molecule has 0 saturated heterocycles. The van der Waals surface area contributed by atoms with Crippen LogP contribution in [0, 0.1) is 0 Å². The second-order valence-corrected chi connectivity index (χ2v) is 4.80. The maximum atomic E-state index is 5.72. The summed E-state index contributed by atoms with van der Waals surface area (Å²) in [5, 5.41) is 3.10. The van der Waals surface area contributed by atoms with Crippen LogP contribution in [-0.2, 0) is 13.2 Å². The molecule has 1 N–H and O–H groups in total. The number of pyridine rings is 1. The fourth-order valence-corrected chi connectivity index (χ4v) is 1.86. The predicted octanol–water partition coefficient (Wildman–Crippen LogP) is 3.17. The molecule has 1 aromatic carbocycles. The van der Waals surface area contributed by atoms with Crippen LogP contribution >= 0.6 is 0 Å². The second-order valence-electron chi connectivity index (χ2n) is 4.80. The summed E-state index contributed by atoms with van der Waals surface area (Å²) in [5.41, 5.74) is 2.08. The number of hydrogen-bond donors (Lipinski definition) is 1. The Balaban J connectivity index is 1.84. The van der Waals surface area contributed by atoms with E-state index in [1.165, 1.54) is 5.56 Å². The van der Waals surface area contributed by atoms with E-state index in [2.05, 4.69) is 23.3 Å². The standard InChI is InChI=1S/C17H22N2O2/c1-3-10-20-16-6-8-17(9-7-16)21-13-15-5-4-14(11-18-2)12-19-15/h4-9,12,18H,3,10-11,13H2,1-2H3. The normalized spacial score (nSPS) is 10.4. The molecule has 0 aliphatic heterocycles. The van der Waals surface area contributed by atoms with Crippen molar-refractivity contribution in [1.82, 2.24) is 10.3 Å². The lowest BCUT2D eigenvalue weighted by molar-refractivity contribution is 0.297. The molecule has 0 atom stereocenters. The van der Waals surface area contributed by atoms with Crippen LogP contribution in [0.3, 0.4) is 0 Å². The van der Waals surface area contributed by atoms with Crippen molar-refractivity contribution < 1.29 is 9.47 Å². The minimum Gasteiger partial charge on any atom is -0.494 e. The Bertz CT molecular complexity index is 523. The van der Waals surface area contributed by atoms with Gasteiger partial charge in [0.1, 0.15) is 18.1 Å². The summed E-state index contributed by atoms with van der Waals surface area (Å²) in [5.74, 6) is 1.69. The minimum absolute atomic E-state index is 0.467. The van der Waals surface area contributed by atoms with E-state index in [0.717, 1.165) is 36.8 Å². The minimum atomic E-state index is 0.467. The molecule has 0 aliphatic carbocycles. The lowest BCUT2D eigenvalue weighted by atomic mass is 10.2. The SMILES string of the molecule is CCCOc1ccc(OCc2ccc(CNC)cn2)cc1. The average molecular weight is 286 g/mol. The van der Waals surface area contributed by atoms with Gasteiger partial charge in [-0.05, 0) is 49.4 Å². The molecule has 0 unspecified atom stereocenters. The Kier molecular flexibility index (Phi) is 6.03. The number of rotatable bonds is 8. The van der Waals surface area contributed by atoms with Gasteiger partial charge in [0.25, 0.3) is 0 Å². The zero-order valence-electron chi connectivity index (χ0n) is 12.6. The van der Waals surface area contributed by atoms with Gasteiger partial charge in [0.05, 0.1) is 12.3 Å². The molecule has 2 aromatic rings. The number of aromatic nitrogens is 1. The van der Waals surface area contributed by atoms with E-state index in [1.54, 1.807) is 0 Å². The molecule has 0 amide bonds. The molecular weight excluding hydrogens is 264 g/mol.